The van der Waals surface area contributed by atoms with Crippen LogP contribution in [0.15, 0.2) is 29.2 Å². The minimum atomic E-state index is -1.86. The predicted octanol–water partition coefficient (Wildman–Crippen LogP) is -0.630. The molecule has 0 aliphatic carbocycles. The summed E-state index contributed by atoms with van der Waals surface area (Å²) in [6.07, 6.45) is 3.93. The van der Waals surface area contributed by atoms with Crippen LogP contribution in [0.3, 0.4) is 0 Å². The van der Waals surface area contributed by atoms with Crippen LogP contribution in [0.4, 0.5) is 0 Å². The number of rotatable bonds is 3. The van der Waals surface area contributed by atoms with Crippen LogP contribution in [0.1, 0.15) is 26.3 Å². The van der Waals surface area contributed by atoms with Crippen LogP contribution in [0.2, 0.25) is 0 Å². The molecule has 90 valence electrons. The van der Waals surface area contributed by atoms with Gasteiger partial charge in [0.15, 0.2) is 11.1 Å². The smallest absolute Gasteiger partial charge is 1.00 e. The van der Waals surface area contributed by atoms with E-state index in [0.717, 1.165) is 6.54 Å². The Bertz CT molecular complexity index is 369. The van der Waals surface area contributed by atoms with Crippen LogP contribution in [0, 0.1) is 0 Å². The Morgan fingerprint density at radius 2 is 1.76 bits per heavy atom. The van der Waals surface area contributed by atoms with Gasteiger partial charge >= 0.3 is 18.9 Å². The van der Waals surface area contributed by atoms with E-state index >= 15 is 0 Å². The Labute approximate surface area is 119 Å². The van der Waals surface area contributed by atoms with Crippen molar-refractivity contribution < 1.29 is 29.0 Å². The van der Waals surface area contributed by atoms with E-state index in [2.05, 4.69) is 4.90 Å². The van der Waals surface area contributed by atoms with Crippen molar-refractivity contribution in [1.29, 1.82) is 0 Å². The standard InChI is InChI=1S/C12H17NO2S.Li.H/c14-16(15)12-6-4-11(5-7-12)10-13-8-2-1-3-9-13;;/h4-7H,1-3,8-10H2,(H,14,15);;/q;+1;-1. The Morgan fingerprint density at radius 3 is 2.29 bits per heavy atom. The molecule has 2 rings (SSSR count). The van der Waals surface area contributed by atoms with Crippen molar-refractivity contribution in [3.63, 3.8) is 0 Å². The maximum absolute atomic E-state index is 10.8. The maximum Gasteiger partial charge on any atom is 1.00 e. The predicted molar refractivity (Wildman–Crippen MR) is 65.7 cm³/mol. The SMILES string of the molecule is O=S(O)c1ccc(CN2CCCCC2)cc1.[H-].[Li+]. The second-order valence-corrected chi connectivity index (χ2v) is 5.20. The normalized spacial score (nSPS) is 18.4. The van der Waals surface area contributed by atoms with Gasteiger partial charge in [0.05, 0.1) is 4.90 Å². The van der Waals surface area contributed by atoms with Crippen molar-refractivity contribution >= 4 is 11.1 Å². The first-order chi connectivity index (χ1) is 7.75. The summed E-state index contributed by atoms with van der Waals surface area (Å²) < 4.78 is 19.7. The average Bonchev–Trinajstić information content (AvgIpc) is 2.31. The molecule has 0 bridgehead atoms. The molecule has 1 fully saturated rings. The average molecular weight is 247 g/mol. The van der Waals surface area contributed by atoms with Gasteiger partial charge in [0.2, 0.25) is 0 Å². The molecule has 0 spiro atoms. The van der Waals surface area contributed by atoms with E-state index in [-0.39, 0.29) is 20.3 Å². The first-order valence-electron chi connectivity index (χ1n) is 5.68. The van der Waals surface area contributed by atoms with Crippen LogP contribution in [-0.2, 0) is 17.6 Å². The third kappa shape index (κ3) is 4.57. The number of piperidine rings is 1. The quantitative estimate of drug-likeness (QED) is 0.571. The van der Waals surface area contributed by atoms with Gasteiger partial charge in [-0.3, -0.25) is 4.90 Å². The molecule has 17 heavy (non-hydrogen) atoms. The van der Waals surface area contributed by atoms with E-state index in [1.54, 1.807) is 12.1 Å². The van der Waals surface area contributed by atoms with Gasteiger partial charge in [-0.1, -0.05) is 18.6 Å². The zero-order chi connectivity index (χ0) is 11.4. The topological polar surface area (TPSA) is 40.5 Å². The second kappa shape index (κ2) is 7.35. The van der Waals surface area contributed by atoms with Gasteiger partial charge in [0, 0.05) is 6.54 Å². The first kappa shape index (κ1) is 14.9. The molecule has 1 heterocycles. The molecule has 0 saturated carbocycles. The molecule has 3 nitrogen and oxygen atoms in total. The summed E-state index contributed by atoms with van der Waals surface area (Å²) in [5, 5.41) is 0. The van der Waals surface area contributed by atoms with Crippen LogP contribution in [0.25, 0.3) is 0 Å². The van der Waals surface area contributed by atoms with Crippen molar-refractivity contribution in [2.75, 3.05) is 13.1 Å². The Kier molecular flexibility index (Phi) is 6.46. The first-order valence-corrected chi connectivity index (χ1v) is 6.78. The maximum atomic E-state index is 10.8. The van der Waals surface area contributed by atoms with Gasteiger partial charge < -0.3 is 5.98 Å². The molecule has 1 aliphatic rings. The van der Waals surface area contributed by atoms with Crippen molar-refractivity contribution in [3.05, 3.63) is 29.8 Å². The second-order valence-electron chi connectivity index (χ2n) is 4.23. The van der Waals surface area contributed by atoms with Crippen molar-refractivity contribution in [2.24, 2.45) is 0 Å². The fourth-order valence-electron chi connectivity index (χ4n) is 2.09. The third-order valence-corrected chi connectivity index (χ3v) is 3.66. The Hall–Kier alpha value is -0.113. The molecule has 0 radical (unpaired) electrons. The zero-order valence-corrected chi connectivity index (χ0v) is 11.1. The molecule has 5 heteroatoms. The minimum Gasteiger partial charge on any atom is -1.00 e. The van der Waals surface area contributed by atoms with Crippen LogP contribution >= 0.6 is 0 Å². The molecular weight excluding hydrogens is 229 g/mol. The zero-order valence-electron chi connectivity index (χ0n) is 11.3. The van der Waals surface area contributed by atoms with Crippen molar-refractivity contribution in [1.82, 2.24) is 4.90 Å². The summed E-state index contributed by atoms with van der Waals surface area (Å²) in [5.74, 6) is 0. The molecular formula is C12H18LiNO2S. The van der Waals surface area contributed by atoms with Crippen LogP contribution in [0.5, 0.6) is 0 Å². The van der Waals surface area contributed by atoms with Crippen molar-refractivity contribution in [3.8, 4) is 0 Å². The van der Waals surface area contributed by atoms with Crippen LogP contribution < -0.4 is 18.9 Å². The van der Waals surface area contributed by atoms with E-state index in [4.69, 9.17) is 4.55 Å². The Morgan fingerprint density at radius 1 is 1.18 bits per heavy atom. The van der Waals surface area contributed by atoms with Gasteiger partial charge in [-0.15, -0.1) is 0 Å². The number of likely N-dealkylation sites (tertiary alicyclic amines) is 1. The monoisotopic (exact) mass is 247 g/mol. The fourth-order valence-corrected chi connectivity index (χ4v) is 2.46. The number of hydrogen-bond acceptors (Lipinski definition) is 2. The molecule has 1 unspecified atom stereocenters. The van der Waals surface area contributed by atoms with Gasteiger partial charge in [-0.25, -0.2) is 4.21 Å². The fraction of sp³-hybridized carbons (Fsp3) is 0.500. The third-order valence-electron chi connectivity index (χ3n) is 2.98. The van der Waals surface area contributed by atoms with E-state index in [0.29, 0.717) is 4.90 Å². The summed E-state index contributed by atoms with van der Waals surface area (Å²) in [6, 6.07) is 7.35. The molecule has 0 aromatic heterocycles. The number of benzene rings is 1. The minimum absolute atomic E-state index is 0. The molecule has 1 aromatic carbocycles. The summed E-state index contributed by atoms with van der Waals surface area (Å²) in [7, 11) is 0. The molecule has 1 aliphatic heterocycles. The van der Waals surface area contributed by atoms with Crippen molar-refractivity contribution in [2.45, 2.75) is 30.7 Å². The molecule has 1 N–H and O–H groups in total. The van der Waals surface area contributed by atoms with Gasteiger partial charge in [-0.05, 0) is 43.6 Å². The summed E-state index contributed by atoms with van der Waals surface area (Å²) in [4.78, 5) is 2.91. The summed E-state index contributed by atoms with van der Waals surface area (Å²) in [5.41, 5.74) is 1.22. The largest absolute Gasteiger partial charge is 1.00 e. The van der Waals surface area contributed by atoms with Gasteiger partial charge in [-0.2, -0.15) is 0 Å². The molecule has 1 atom stereocenters. The van der Waals surface area contributed by atoms with E-state index in [1.165, 1.54) is 37.9 Å². The number of nitrogens with zero attached hydrogens (tertiary/aromatic N) is 1. The molecule has 1 saturated heterocycles. The van der Waals surface area contributed by atoms with E-state index in [1.807, 2.05) is 12.1 Å². The molecule has 0 amide bonds. The van der Waals surface area contributed by atoms with E-state index < -0.39 is 11.1 Å². The van der Waals surface area contributed by atoms with Gasteiger partial charge in [0.25, 0.3) is 0 Å². The summed E-state index contributed by atoms with van der Waals surface area (Å²) in [6.45, 7) is 3.31. The molecule has 1 aromatic rings. The summed E-state index contributed by atoms with van der Waals surface area (Å²) >= 11 is -1.86. The van der Waals surface area contributed by atoms with Gasteiger partial charge in [0.1, 0.15) is 0 Å². The van der Waals surface area contributed by atoms with Crippen LogP contribution in [-0.4, -0.2) is 26.8 Å². The van der Waals surface area contributed by atoms with E-state index in [9.17, 15) is 4.21 Å². The number of hydrogen-bond donors (Lipinski definition) is 1. The Balaban J connectivity index is 0.00000144.